The first-order valence-electron chi connectivity index (χ1n) is 6.81. The minimum Gasteiger partial charge on any atom is -0.352 e. The van der Waals surface area contributed by atoms with Crippen LogP contribution in [0, 0.1) is 0 Å². The minimum atomic E-state index is -0.320. The Morgan fingerprint density at radius 2 is 2.00 bits per heavy atom. The van der Waals surface area contributed by atoms with Crippen LogP contribution in [0.5, 0.6) is 0 Å². The van der Waals surface area contributed by atoms with Gasteiger partial charge < -0.3 is 10.6 Å². The lowest BCUT2D eigenvalue weighted by atomic mass is 10.2. The van der Waals surface area contributed by atoms with Crippen molar-refractivity contribution >= 4 is 23.2 Å². The molecule has 21 heavy (non-hydrogen) atoms. The third-order valence-corrected chi connectivity index (χ3v) is 4.00. The van der Waals surface area contributed by atoms with Gasteiger partial charge in [0, 0.05) is 17.0 Å². The molecule has 1 saturated carbocycles. The van der Waals surface area contributed by atoms with Gasteiger partial charge in [-0.1, -0.05) is 30.3 Å². The monoisotopic (exact) mass is 301 g/mol. The molecule has 1 fully saturated rings. The van der Waals surface area contributed by atoms with Crippen LogP contribution in [0.15, 0.2) is 35.7 Å². The van der Waals surface area contributed by atoms with Gasteiger partial charge in [0.2, 0.25) is 5.91 Å². The maximum Gasteiger partial charge on any atom is 0.271 e. The van der Waals surface area contributed by atoms with Crippen LogP contribution < -0.4 is 10.6 Å². The van der Waals surface area contributed by atoms with E-state index in [9.17, 15) is 9.59 Å². The van der Waals surface area contributed by atoms with Crippen LogP contribution in [0.3, 0.4) is 0 Å². The van der Waals surface area contributed by atoms with E-state index in [1.54, 1.807) is 5.38 Å². The molecule has 0 radical (unpaired) electrons. The van der Waals surface area contributed by atoms with Gasteiger partial charge in [-0.3, -0.25) is 9.59 Å². The SMILES string of the molecule is O=C(CNC(=O)c1csc(-c2ccccc2)n1)NC1CC1. The predicted octanol–water partition coefficient (Wildman–Crippen LogP) is 1.82. The zero-order valence-corrected chi connectivity index (χ0v) is 12.2. The molecular weight excluding hydrogens is 286 g/mol. The number of thiazole rings is 1. The summed E-state index contributed by atoms with van der Waals surface area (Å²) in [6.45, 7) is -0.00642. The third kappa shape index (κ3) is 3.66. The molecule has 1 aromatic heterocycles. The van der Waals surface area contributed by atoms with Crippen LogP contribution in [-0.4, -0.2) is 29.4 Å². The summed E-state index contributed by atoms with van der Waals surface area (Å²) >= 11 is 1.41. The Bertz CT molecular complexity index is 650. The highest BCUT2D eigenvalue weighted by Crippen LogP contribution is 2.23. The summed E-state index contributed by atoms with van der Waals surface area (Å²) in [4.78, 5) is 27.8. The van der Waals surface area contributed by atoms with Crippen LogP contribution >= 0.6 is 11.3 Å². The van der Waals surface area contributed by atoms with E-state index in [1.165, 1.54) is 11.3 Å². The number of carbonyl (C=O) groups excluding carboxylic acids is 2. The van der Waals surface area contributed by atoms with Gasteiger partial charge >= 0.3 is 0 Å². The topological polar surface area (TPSA) is 71.1 Å². The molecule has 6 heteroatoms. The first kappa shape index (κ1) is 13.8. The zero-order valence-electron chi connectivity index (χ0n) is 11.3. The van der Waals surface area contributed by atoms with Crippen molar-refractivity contribution in [1.29, 1.82) is 0 Å². The molecule has 0 unspecified atom stereocenters. The number of hydrogen-bond acceptors (Lipinski definition) is 4. The third-order valence-electron chi connectivity index (χ3n) is 3.11. The summed E-state index contributed by atoms with van der Waals surface area (Å²) in [5.74, 6) is -0.469. The fourth-order valence-electron chi connectivity index (χ4n) is 1.85. The number of benzene rings is 1. The van der Waals surface area contributed by atoms with Crippen LogP contribution in [0.2, 0.25) is 0 Å². The molecule has 2 aromatic rings. The number of aromatic nitrogens is 1. The molecule has 2 N–H and O–H groups in total. The molecule has 0 spiro atoms. The second-order valence-electron chi connectivity index (χ2n) is 4.93. The second-order valence-corrected chi connectivity index (χ2v) is 5.79. The van der Waals surface area contributed by atoms with Crippen molar-refractivity contribution in [2.75, 3.05) is 6.54 Å². The Morgan fingerprint density at radius 3 is 2.71 bits per heavy atom. The number of rotatable bonds is 5. The molecule has 108 valence electrons. The molecule has 5 nitrogen and oxygen atoms in total. The number of amides is 2. The highest BCUT2D eigenvalue weighted by atomic mass is 32.1. The maximum absolute atomic E-state index is 11.9. The molecule has 1 aromatic carbocycles. The lowest BCUT2D eigenvalue weighted by molar-refractivity contribution is -0.120. The van der Waals surface area contributed by atoms with E-state index in [-0.39, 0.29) is 18.4 Å². The van der Waals surface area contributed by atoms with Crippen molar-refractivity contribution in [3.05, 3.63) is 41.4 Å². The Kier molecular flexibility index (Phi) is 3.96. The summed E-state index contributed by atoms with van der Waals surface area (Å²) in [7, 11) is 0. The summed E-state index contributed by atoms with van der Waals surface area (Å²) in [6.07, 6.45) is 2.07. The molecule has 0 saturated heterocycles. The van der Waals surface area contributed by atoms with E-state index in [0.717, 1.165) is 23.4 Å². The standard InChI is InChI=1S/C15H15N3O2S/c19-13(17-11-6-7-11)8-16-14(20)12-9-21-15(18-12)10-4-2-1-3-5-10/h1-5,9,11H,6-8H2,(H,16,20)(H,17,19). The Morgan fingerprint density at radius 1 is 1.24 bits per heavy atom. The van der Waals surface area contributed by atoms with E-state index >= 15 is 0 Å². The normalized spacial score (nSPS) is 13.7. The summed E-state index contributed by atoms with van der Waals surface area (Å²) in [5, 5.41) is 7.91. The van der Waals surface area contributed by atoms with Crippen molar-refractivity contribution in [3.8, 4) is 10.6 Å². The fraction of sp³-hybridized carbons (Fsp3) is 0.267. The van der Waals surface area contributed by atoms with Crippen molar-refractivity contribution in [3.63, 3.8) is 0 Å². The zero-order chi connectivity index (χ0) is 14.7. The smallest absolute Gasteiger partial charge is 0.271 e. The van der Waals surface area contributed by atoms with Crippen LogP contribution in [-0.2, 0) is 4.79 Å². The van der Waals surface area contributed by atoms with Gasteiger partial charge in [-0.15, -0.1) is 11.3 Å². The molecule has 3 rings (SSSR count). The second kappa shape index (κ2) is 6.05. The van der Waals surface area contributed by atoms with Gasteiger partial charge in [-0.25, -0.2) is 4.98 Å². The Balaban J connectivity index is 1.57. The lowest BCUT2D eigenvalue weighted by Gasteiger charge is -2.04. The Labute approximate surface area is 126 Å². The van der Waals surface area contributed by atoms with Crippen molar-refractivity contribution < 1.29 is 9.59 Å². The first-order valence-corrected chi connectivity index (χ1v) is 7.69. The summed E-state index contributed by atoms with van der Waals surface area (Å²) in [5.41, 5.74) is 1.33. The van der Waals surface area contributed by atoms with E-state index in [0.29, 0.717) is 11.7 Å². The quantitative estimate of drug-likeness (QED) is 0.885. The van der Waals surface area contributed by atoms with E-state index in [4.69, 9.17) is 0 Å². The average molecular weight is 301 g/mol. The van der Waals surface area contributed by atoms with Crippen LogP contribution in [0.25, 0.3) is 10.6 Å². The lowest BCUT2D eigenvalue weighted by Crippen LogP contribution is -2.37. The van der Waals surface area contributed by atoms with Crippen molar-refractivity contribution in [2.24, 2.45) is 0 Å². The molecule has 0 atom stereocenters. The molecule has 1 aliphatic carbocycles. The van der Waals surface area contributed by atoms with E-state index in [2.05, 4.69) is 15.6 Å². The summed E-state index contributed by atoms with van der Waals surface area (Å²) in [6, 6.07) is 9.99. The number of nitrogens with zero attached hydrogens (tertiary/aromatic N) is 1. The largest absolute Gasteiger partial charge is 0.352 e. The molecule has 0 bridgehead atoms. The molecule has 2 amide bonds. The highest BCUT2D eigenvalue weighted by Gasteiger charge is 2.23. The van der Waals surface area contributed by atoms with Crippen LogP contribution in [0.1, 0.15) is 23.3 Å². The molecule has 1 aliphatic rings. The van der Waals surface area contributed by atoms with Gasteiger partial charge in [0.25, 0.3) is 5.91 Å². The van der Waals surface area contributed by atoms with Crippen LogP contribution in [0.4, 0.5) is 0 Å². The van der Waals surface area contributed by atoms with Gasteiger partial charge in [0.15, 0.2) is 0 Å². The number of nitrogens with one attached hydrogen (secondary N) is 2. The van der Waals surface area contributed by atoms with Gasteiger partial charge in [0.05, 0.1) is 6.54 Å². The van der Waals surface area contributed by atoms with Gasteiger partial charge in [-0.2, -0.15) is 0 Å². The van der Waals surface area contributed by atoms with Gasteiger partial charge in [-0.05, 0) is 12.8 Å². The van der Waals surface area contributed by atoms with E-state index < -0.39 is 0 Å². The Hall–Kier alpha value is -2.21. The van der Waals surface area contributed by atoms with Gasteiger partial charge in [0.1, 0.15) is 10.7 Å². The molecular formula is C15H15N3O2S. The highest BCUT2D eigenvalue weighted by molar-refractivity contribution is 7.13. The predicted molar refractivity (Wildman–Crippen MR) is 81.0 cm³/mol. The minimum absolute atomic E-state index is 0.00642. The molecule has 0 aliphatic heterocycles. The number of hydrogen-bond donors (Lipinski definition) is 2. The maximum atomic E-state index is 11.9. The van der Waals surface area contributed by atoms with E-state index in [1.807, 2.05) is 30.3 Å². The number of carbonyl (C=O) groups is 2. The van der Waals surface area contributed by atoms with Crippen molar-refractivity contribution in [2.45, 2.75) is 18.9 Å². The first-order chi connectivity index (χ1) is 10.2. The fourth-order valence-corrected chi connectivity index (χ4v) is 2.66. The summed E-state index contributed by atoms with van der Waals surface area (Å²) < 4.78 is 0. The van der Waals surface area contributed by atoms with Crippen molar-refractivity contribution in [1.82, 2.24) is 15.6 Å². The average Bonchev–Trinajstić information content (AvgIpc) is 3.18. The molecule has 1 heterocycles.